The summed E-state index contributed by atoms with van der Waals surface area (Å²) in [5, 5.41) is 3.78. The first kappa shape index (κ1) is 15.4. The van der Waals surface area contributed by atoms with Crippen molar-refractivity contribution in [1.29, 1.82) is 0 Å². The lowest BCUT2D eigenvalue weighted by Gasteiger charge is -2.10. The molecule has 0 bridgehead atoms. The zero-order chi connectivity index (χ0) is 15.2. The molecule has 0 saturated carbocycles. The summed E-state index contributed by atoms with van der Waals surface area (Å²) in [4.78, 5) is 4.13. The quantitative estimate of drug-likeness (QED) is 0.849. The molecule has 0 aliphatic heterocycles. The van der Waals surface area contributed by atoms with Crippen LogP contribution >= 0.6 is 0 Å². The van der Waals surface area contributed by atoms with Gasteiger partial charge in [0.1, 0.15) is 11.6 Å². The number of nitrogens with zero attached hydrogens (tertiary/aromatic N) is 2. The molecule has 1 aromatic heterocycles. The summed E-state index contributed by atoms with van der Waals surface area (Å²) >= 11 is 0. The first-order valence-electron chi connectivity index (χ1n) is 7.10. The third kappa shape index (κ3) is 4.53. The Bertz CT molecular complexity index is 586. The van der Waals surface area contributed by atoms with Crippen LogP contribution in [0.1, 0.15) is 37.5 Å². The predicted molar refractivity (Wildman–Crippen MR) is 76.4 cm³/mol. The monoisotopic (exact) mass is 293 g/mol. The molecule has 0 fully saturated rings. The highest BCUT2D eigenvalue weighted by Gasteiger charge is 2.09. The Labute approximate surface area is 123 Å². The van der Waals surface area contributed by atoms with E-state index in [0.29, 0.717) is 30.3 Å². The molecule has 0 aliphatic carbocycles. The van der Waals surface area contributed by atoms with Crippen LogP contribution in [0.2, 0.25) is 0 Å². The number of aryl methyl sites for hydroxylation is 1. The average molecular weight is 293 g/mol. The Morgan fingerprint density at radius 3 is 2.81 bits per heavy atom. The molecule has 0 spiro atoms. The van der Waals surface area contributed by atoms with E-state index in [1.807, 2.05) is 13.8 Å². The molecule has 0 saturated heterocycles. The number of benzene rings is 1. The number of nitrogens with two attached hydrogens (primary N) is 1. The second-order valence-corrected chi connectivity index (χ2v) is 4.91. The van der Waals surface area contributed by atoms with Crippen molar-refractivity contribution in [1.82, 2.24) is 10.1 Å². The second-order valence-electron chi connectivity index (χ2n) is 4.91. The normalized spacial score (nSPS) is 12.4. The van der Waals surface area contributed by atoms with Gasteiger partial charge in [-0.25, -0.2) is 4.39 Å². The smallest absolute Gasteiger partial charge is 0.264 e. The van der Waals surface area contributed by atoms with Gasteiger partial charge in [0.15, 0.2) is 12.4 Å². The summed E-state index contributed by atoms with van der Waals surface area (Å²) in [5.41, 5.74) is 6.71. The topological polar surface area (TPSA) is 74.2 Å². The maximum Gasteiger partial charge on any atom is 0.264 e. The Morgan fingerprint density at radius 2 is 2.14 bits per heavy atom. The SMILES string of the molecule is CCc1noc(COc2cc(F)cc(CC(N)CC)c2)n1. The summed E-state index contributed by atoms with van der Waals surface area (Å²) in [6, 6.07) is 4.61. The van der Waals surface area contributed by atoms with Gasteiger partial charge in [-0.1, -0.05) is 19.0 Å². The highest BCUT2D eigenvalue weighted by Crippen LogP contribution is 2.19. The van der Waals surface area contributed by atoms with Crippen LogP contribution in [0.5, 0.6) is 5.75 Å². The number of aromatic nitrogens is 2. The average Bonchev–Trinajstić information content (AvgIpc) is 2.92. The first-order chi connectivity index (χ1) is 10.1. The summed E-state index contributed by atoms with van der Waals surface area (Å²) in [6.07, 6.45) is 2.15. The Balaban J connectivity index is 2.02. The molecule has 6 heteroatoms. The molecule has 1 atom stereocenters. The van der Waals surface area contributed by atoms with Crippen molar-refractivity contribution >= 4 is 0 Å². The molecule has 21 heavy (non-hydrogen) atoms. The van der Waals surface area contributed by atoms with E-state index in [2.05, 4.69) is 10.1 Å². The van der Waals surface area contributed by atoms with Gasteiger partial charge in [-0.15, -0.1) is 0 Å². The molecular weight excluding hydrogens is 273 g/mol. The van der Waals surface area contributed by atoms with E-state index in [1.54, 1.807) is 6.07 Å². The largest absolute Gasteiger partial charge is 0.484 e. The van der Waals surface area contributed by atoms with Gasteiger partial charge in [-0.3, -0.25) is 0 Å². The van der Waals surface area contributed by atoms with Crippen molar-refractivity contribution in [2.24, 2.45) is 5.73 Å². The maximum atomic E-state index is 13.6. The van der Waals surface area contributed by atoms with Crippen LogP contribution in [0.15, 0.2) is 22.7 Å². The number of halogens is 1. The molecule has 5 nitrogen and oxygen atoms in total. The van der Waals surface area contributed by atoms with Crippen LogP contribution in [-0.2, 0) is 19.4 Å². The van der Waals surface area contributed by atoms with E-state index in [-0.39, 0.29) is 18.5 Å². The van der Waals surface area contributed by atoms with Gasteiger partial charge in [0.05, 0.1) is 0 Å². The molecule has 0 amide bonds. The van der Waals surface area contributed by atoms with Crippen molar-refractivity contribution in [2.75, 3.05) is 0 Å². The van der Waals surface area contributed by atoms with E-state index in [4.69, 9.17) is 15.0 Å². The zero-order valence-electron chi connectivity index (χ0n) is 12.3. The van der Waals surface area contributed by atoms with Crippen molar-refractivity contribution in [2.45, 2.75) is 45.8 Å². The van der Waals surface area contributed by atoms with E-state index >= 15 is 0 Å². The van der Waals surface area contributed by atoms with Crippen molar-refractivity contribution < 1.29 is 13.7 Å². The second kappa shape index (κ2) is 7.17. The minimum atomic E-state index is -0.342. The minimum absolute atomic E-state index is 0.0164. The standard InChI is InChI=1S/C15H20FN3O2/c1-3-12(17)6-10-5-11(16)8-13(7-10)20-9-15-18-14(4-2)19-21-15/h5,7-8,12H,3-4,6,9,17H2,1-2H3. The fourth-order valence-electron chi connectivity index (χ4n) is 1.91. The van der Waals surface area contributed by atoms with Gasteiger partial charge in [0.25, 0.3) is 5.89 Å². The lowest BCUT2D eigenvalue weighted by molar-refractivity contribution is 0.241. The summed E-state index contributed by atoms with van der Waals surface area (Å²) in [5.74, 6) is 1.10. The fourth-order valence-corrected chi connectivity index (χ4v) is 1.91. The molecule has 2 rings (SSSR count). The van der Waals surface area contributed by atoms with Gasteiger partial charge in [-0.05, 0) is 30.5 Å². The van der Waals surface area contributed by atoms with Gasteiger partial charge >= 0.3 is 0 Å². The fraction of sp³-hybridized carbons (Fsp3) is 0.467. The minimum Gasteiger partial charge on any atom is -0.484 e. The zero-order valence-corrected chi connectivity index (χ0v) is 12.3. The number of hydrogen-bond acceptors (Lipinski definition) is 5. The van der Waals surface area contributed by atoms with Gasteiger partial charge in [0.2, 0.25) is 0 Å². The highest BCUT2D eigenvalue weighted by molar-refractivity contribution is 5.30. The molecule has 2 aromatic rings. The lowest BCUT2D eigenvalue weighted by atomic mass is 10.0. The van der Waals surface area contributed by atoms with Crippen LogP contribution in [0.3, 0.4) is 0 Å². The molecule has 1 aromatic carbocycles. The number of rotatable bonds is 7. The first-order valence-corrected chi connectivity index (χ1v) is 7.10. The molecule has 1 unspecified atom stereocenters. The van der Waals surface area contributed by atoms with Crippen molar-refractivity contribution in [3.8, 4) is 5.75 Å². The molecule has 2 N–H and O–H groups in total. The van der Waals surface area contributed by atoms with Crippen LogP contribution < -0.4 is 10.5 Å². The lowest BCUT2D eigenvalue weighted by Crippen LogP contribution is -2.21. The third-order valence-electron chi connectivity index (χ3n) is 3.14. The predicted octanol–water partition coefficient (Wildman–Crippen LogP) is 2.63. The van der Waals surface area contributed by atoms with Crippen molar-refractivity contribution in [3.63, 3.8) is 0 Å². The van der Waals surface area contributed by atoms with E-state index < -0.39 is 0 Å². The number of hydrogen-bond donors (Lipinski definition) is 1. The van der Waals surface area contributed by atoms with E-state index in [1.165, 1.54) is 12.1 Å². The molecular formula is C15H20FN3O2. The molecule has 0 aliphatic rings. The maximum absolute atomic E-state index is 13.6. The van der Waals surface area contributed by atoms with Crippen molar-refractivity contribution in [3.05, 3.63) is 41.3 Å². The molecule has 114 valence electrons. The summed E-state index contributed by atoms with van der Waals surface area (Å²) in [6.45, 7) is 4.06. The Morgan fingerprint density at radius 1 is 1.33 bits per heavy atom. The van der Waals surface area contributed by atoms with Crippen LogP contribution in [0.4, 0.5) is 4.39 Å². The van der Waals surface area contributed by atoms with Crippen LogP contribution in [0, 0.1) is 5.82 Å². The Hall–Kier alpha value is -1.95. The van der Waals surface area contributed by atoms with E-state index in [9.17, 15) is 4.39 Å². The van der Waals surface area contributed by atoms with Crippen LogP contribution in [-0.4, -0.2) is 16.2 Å². The van der Waals surface area contributed by atoms with E-state index in [0.717, 1.165) is 12.0 Å². The van der Waals surface area contributed by atoms with Gasteiger partial charge in [0, 0.05) is 18.5 Å². The third-order valence-corrected chi connectivity index (χ3v) is 3.14. The summed E-state index contributed by atoms with van der Waals surface area (Å²) < 4.78 is 24.1. The van der Waals surface area contributed by atoms with Gasteiger partial charge < -0.3 is 15.0 Å². The number of ether oxygens (including phenoxy) is 1. The van der Waals surface area contributed by atoms with Gasteiger partial charge in [-0.2, -0.15) is 4.98 Å². The highest BCUT2D eigenvalue weighted by atomic mass is 19.1. The molecule has 1 heterocycles. The van der Waals surface area contributed by atoms with Crippen LogP contribution in [0.25, 0.3) is 0 Å². The summed E-state index contributed by atoms with van der Waals surface area (Å²) in [7, 11) is 0. The molecule has 0 radical (unpaired) electrons. The Kier molecular flexibility index (Phi) is 5.27.